The van der Waals surface area contributed by atoms with E-state index >= 15 is 0 Å². The molecule has 0 spiro atoms. The van der Waals surface area contributed by atoms with Gasteiger partial charge in [-0.25, -0.2) is 4.39 Å². The monoisotopic (exact) mass is 222 g/mol. The highest BCUT2D eigenvalue weighted by Crippen LogP contribution is 2.24. The lowest BCUT2D eigenvalue weighted by Gasteiger charge is -2.21. The molecule has 16 heavy (non-hydrogen) atoms. The van der Waals surface area contributed by atoms with Crippen molar-refractivity contribution in [2.24, 2.45) is 5.92 Å². The minimum absolute atomic E-state index is 0.228. The second-order valence-electron chi connectivity index (χ2n) is 4.98. The summed E-state index contributed by atoms with van der Waals surface area (Å²) in [5, 5.41) is 0. The number of likely N-dealkylation sites (tertiary alicyclic amines) is 1. The average Bonchev–Trinajstić information content (AvgIpc) is 2.51. The molecule has 2 rings (SSSR count). The fourth-order valence-electron chi connectivity index (χ4n) is 2.51. The van der Waals surface area contributed by atoms with Crippen LogP contribution in [0.1, 0.15) is 25.8 Å². The highest BCUT2D eigenvalue weighted by atomic mass is 19.1. The molecule has 1 heterocycles. The molecule has 1 aliphatic rings. The summed E-state index contributed by atoms with van der Waals surface area (Å²) in [5.74, 6) is 0.436. The topological polar surface area (TPSA) is 29.3 Å². The van der Waals surface area contributed by atoms with Gasteiger partial charge in [0.1, 0.15) is 5.82 Å². The molecular formula is C13H19FN2. The number of nitrogens with two attached hydrogens (primary N) is 1. The van der Waals surface area contributed by atoms with Crippen molar-refractivity contribution in [3.05, 3.63) is 29.6 Å². The SMILES string of the molecule is CC1CC(C)N(Cc2ccc(N)c(F)c2)C1. The minimum atomic E-state index is -0.308. The first-order chi connectivity index (χ1) is 7.56. The maximum absolute atomic E-state index is 13.3. The van der Waals surface area contributed by atoms with E-state index in [1.807, 2.05) is 6.07 Å². The van der Waals surface area contributed by atoms with Crippen LogP contribution in [0.3, 0.4) is 0 Å². The Morgan fingerprint density at radius 2 is 2.19 bits per heavy atom. The van der Waals surface area contributed by atoms with Gasteiger partial charge in [0, 0.05) is 19.1 Å². The van der Waals surface area contributed by atoms with Gasteiger partial charge < -0.3 is 5.73 Å². The lowest BCUT2D eigenvalue weighted by molar-refractivity contribution is 0.256. The van der Waals surface area contributed by atoms with Crippen LogP contribution in [0.25, 0.3) is 0 Å². The van der Waals surface area contributed by atoms with Crippen LogP contribution in [0.4, 0.5) is 10.1 Å². The van der Waals surface area contributed by atoms with Gasteiger partial charge in [0.25, 0.3) is 0 Å². The van der Waals surface area contributed by atoms with Crippen molar-refractivity contribution in [2.45, 2.75) is 32.9 Å². The Kier molecular flexibility index (Phi) is 3.15. The second kappa shape index (κ2) is 4.42. The Morgan fingerprint density at radius 3 is 2.75 bits per heavy atom. The van der Waals surface area contributed by atoms with Crippen LogP contribution in [0, 0.1) is 11.7 Å². The molecule has 1 aromatic carbocycles. The molecule has 2 atom stereocenters. The highest BCUT2D eigenvalue weighted by Gasteiger charge is 2.25. The highest BCUT2D eigenvalue weighted by molar-refractivity contribution is 5.41. The van der Waals surface area contributed by atoms with Crippen molar-refractivity contribution in [3.8, 4) is 0 Å². The number of hydrogen-bond donors (Lipinski definition) is 1. The third-order valence-corrected chi connectivity index (χ3v) is 3.36. The average molecular weight is 222 g/mol. The molecule has 1 saturated heterocycles. The molecule has 0 aliphatic carbocycles. The molecule has 2 unspecified atom stereocenters. The second-order valence-corrected chi connectivity index (χ2v) is 4.98. The third-order valence-electron chi connectivity index (χ3n) is 3.36. The molecular weight excluding hydrogens is 203 g/mol. The van der Waals surface area contributed by atoms with Gasteiger partial charge in [0.15, 0.2) is 0 Å². The normalized spacial score (nSPS) is 26.2. The Balaban J connectivity index is 2.06. The Morgan fingerprint density at radius 1 is 1.44 bits per heavy atom. The van der Waals surface area contributed by atoms with E-state index < -0.39 is 0 Å². The molecule has 2 N–H and O–H groups in total. The molecule has 3 heteroatoms. The van der Waals surface area contributed by atoms with Gasteiger partial charge in [-0.3, -0.25) is 4.90 Å². The quantitative estimate of drug-likeness (QED) is 0.779. The van der Waals surface area contributed by atoms with Crippen molar-refractivity contribution < 1.29 is 4.39 Å². The predicted octanol–water partition coefficient (Wildman–Crippen LogP) is 2.64. The Hall–Kier alpha value is -1.09. The molecule has 0 aromatic heterocycles. The van der Waals surface area contributed by atoms with Crippen LogP contribution in [0.5, 0.6) is 0 Å². The number of nitrogens with zero attached hydrogens (tertiary/aromatic N) is 1. The summed E-state index contributed by atoms with van der Waals surface area (Å²) < 4.78 is 13.3. The van der Waals surface area contributed by atoms with E-state index in [4.69, 9.17) is 5.73 Å². The summed E-state index contributed by atoms with van der Waals surface area (Å²) >= 11 is 0. The first kappa shape index (κ1) is 11.4. The first-order valence-electron chi connectivity index (χ1n) is 5.84. The molecule has 0 bridgehead atoms. The van der Waals surface area contributed by atoms with Crippen molar-refractivity contribution in [2.75, 3.05) is 12.3 Å². The maximum Gasteiger partial charge on any atom is 0.146 e. The van der Waals surface area contributed by atoms with Gasteiger partial charge in [0.2, 0.25) is 0 Å². The van der Waals surface area contributed by atoms with E-state index in [-0.39, 0.29) is 11.5 Å². The number of hydrogen-bond acceptors (Lipinski definition) is 2. The van der Waals surface area contributed by atoms with E-state index in [1.165, 1.54) is 6.42 Å². The van der Waals surface area contributed by atoms with Gasteiger partial charge in [-0.1, -0.05) is 13.0 Å². The van der Waals surface area contributed by atoms with Crippen LogP contribution in [-0.4, -0.2) is 17.5 Å². The number of anilines is 1. The molecule has 88 valence electrons. The Labute approximate surface area is 96.2 Å². The fourth-order valence-corrected chi connectivity index (χ4v) is 2.51. The summed E-state index contributed by atoms with van der Waals surface area (Å²) in [7, 11) is 0. The summed E-state index contributed by atoms with van der Waals surface area (Å²) in [6, 6.07) is 5.70. The zero-order valence-electron chi connectivity index (χ0n) is 9.91. The molecule has 0 amide bonds. The summed E-state index contributed by atoms with van der Waals surface area (Å²) in [5.41, 5.74) is 6.69. The maximum atomic E-state index is 13.3. The number of nitrogen functional groups attached to an aromatic ring is 1. The largest absolute Gasteiger partial charge is 0.396 e. The summed E-state index contributed by atoms with van der Waals surface area (Å²) in [4.78, 5) is 2.40. The first-order valence-corrected chi connectivity index (χ1v) is 5.84. The standard InChI is InChI=1S/C13H19FN2/c1-9-5-10(2)16(7-9)8-11-3-4-13(15)12(14)6-11/h3-4,6,9-10H,5,7-8,15H2,1-2H3. The minimum Gasteiger partial charge on any atom is -0.396 e. The molecule has 1 aliphatic heterocycles. The van der Waals surface area contributed by atoms with Crippen LogP contribution >= 0.6 is 0 Å². The van der Waals surface area contributed by atoms with E-state index in [0.717, 1.165) is 24.6 Å². The van der Waals surface area contributed by atoms with Crippen molar-refractivity contribution >= 4 is 5.69 Å². The molecule has 1 aromatic rings. The van der Waals surface area contributed by atoms with Crippen LogP contribution in [0.2, 0.25) is 0 Å². The lowest BCUT2D eigenvalue weighted by Crippen LogP contribution is -2.26. The van der Waals surface area contributed by atoms with E-state index in [2.05, 4.69) is 18.7 Å². The third kappa shape index (κ3) is 2.35. The van der Waals surface area contributed by atoms with Gasteiger partial charge in [0.05, 0.1) is 5.69 Å². The van der Waals surface area contributed by atoms with Crippen LogP contribution < -0.4 is 5.73 Å². The predicted molar refractivity (Wildman–Crippen MR) is 64.5 cm³/mol. The zero-order valence-corrected chi connectivity index (χ0v) is 9.91. The molecule has 0 saturated carbocycles. The van der Waals surface area contributed by atoms with Gasteiger partial charge in [-0.05, 0) is 37.0 Å². The fraction of sp³-hybridized carbons (Fsp3) is 0.538. The van der Waals surface area contributed by atoms with Crippen molar-refractivity contribution in [3.63, 3.8) is 0 Å². The molecule has 1 fully saturated rings. The van der Waals surface area contributed by atoms with E-state index in [9.17, 15) is 4.39 Å². The van der Waals surface area contributed by atoms with E-state index in [0.29, 0.717) is 6.04 Å². The van der Waals surface area contributed by atoms with E-state index in [1.54, 1.807) is 12.1 Å². The van der Waals surface area contributed by atoms with Crippen molar-refractivity contribution in [1.82, 2.24) is 4.90 Å². The van der Waals surface area contributed by atoms with Crippen LogP contribution in [0.15, 0.2) is 18.2 Å². The number of halogens is 1. The lowest BCUT2D eigenvalue weighted by atomic mass is 10.1. The Bertz CT molecular complexity index is 378. The zero-order chi connectivity index (χ0) is 11.7. The van der Waals surface area contributed by atoms with Crippen LogP contribution in [-0.2, 0) is 6.54 Å². The number of benzene rings is 1. The van der Waals surface area contributed by atoms with Gasteiger partial charge >= 0.3 is 0 Å². The number of rotatable bonds is 2. The van der Waals surface area contributed by atoms with Crippen molar-refractivity contribution in [1.29, 1.82) is 0 Å². The molecule has 2 nitrogen and oxygen atoms in total. The summed E-state index contributed by atoms with van der Waals surface area (Å²) in [6.45, 7) is 6.42. The molecule has 0 radical (unpaired) electrons. The van der Waals surface area contributed by atoms with Gasteiger partial charge in [-0.15, -0.1) is 0 Å². The summed E-state index contributed by atoms with van der Waals surface area (Å²) in [6.07, 6.45) is 1.23. The smallest absolute Gasteiger partial charge is 0.146 e. The van der Waals surface area contributed by atoms with Gasteiger partial charge in [-0.2, -0.15) is 0 Å².